The van der Waals surface area contributed by atoms with Gasteiger partial charge in [0, 0.05) is 49.9 Å². The van der Waals surface area contributed by atoms with Crippen molar-refractivity contribution in [1.82, 2.24) is 19.1 Å². The van der Waals surface area contributed by atoms with Crippen LogP contribution < -0.4 is 0 Å². The molecule has 0 bridgehead atoms. The van der Waals surface area contributed by atoms with Crippen molar-refractivity contribution in [3.8, 4) is 45.1 Å². The first-order valence-corrected chi connectivity index (χ1v) is 17.7. The van der Waals surface area contributed by atoms with Crippen molar-refractivity contribution >= 4 is 65.2 Å². The van der Waals surface area contributed by atoms with Gasteiger partial charge < -0.3 is 4.57 Å². The number of rotatable bonds is 3. The lowest BCUT2D eigenvalue weighted by Crippen LogP contribution is -1.99. The van der Waals surface area contributed by atoms with Gasteiger partial charge in [-0.05, 0) is 94.0 Å². The molecule has 4 aromatic heterocycles. The summed E-state index contributed by atoms with van der Waals surface area (Å²) in [6, 6.07) is 59.3. The predicted octanol–water partition coefficient (Wildman–Crippen LogP) is 12.3. The van der Waals surface area contributed by atoms with Gasteiger partial charge in [0.1, 0.15) is 5.82 Å². The number of hydrogen-bond donors (Lipinski definition) is 0. The van der Waals surface area contributed by atoms with Crippen LogP contribution in [0.5, 0.6) is 0 Å². The number of para-hydroxylation sites is 2. The van der Waals surface area contributed by atoms with E-state index in [1.54, 1.807) is 0 Å². The van der Waals surface area contributed by atoms with Crippen molar-refractivity contribution in [2.45, 2.75) is 0 Å². The Hall–Kier alpha value is -7.04. The minimum absolute atomic E-state index is 0.904. The van der Waals surface area contributed by atoms with Crippen LogP contribution in [0.15, 0.2) is 170 Å². The molecular formula is C48H28N4. The maximum atomic E-state index is 5.41. The van der Waals surface area contributed by atoms with Gasteiger partial charge in [-0.1, -0.05) is 97.1 Å². The SMILES string of the molecule is c1ccc(-n2c3ccccc3c3cc(-c4ccc5c(c4)c4c6ccccc6ccc4n5-c4ccc5c(n4)-c4cccc6ccnc-5c46)ccc32)cc1. The smallest absolute Gasteiger partial charge is 0.138 e. The van der Waals surface area contributed by atoms with Crippen LogP contribution in [0, 0.1) is 0 Å². The third kappa shape index (κ3) is 3.70. The molecular weight excluding hydrogens is 633 g/mol. The quantitative estimate of drug-likeness (QED) is 0.189. The second-order valence-electron chi connectivity index (χ2n) is 13.8. The molecule has 4 nitrogen and oxygen atoms in total. The molecule has 11 aromatic rings. The second kappa shape index (κ2) is 10.3. The third-order valence-corrected chi connectivity index (χ3v) is 11.1. The van der Waals surface area contributed by atoms with E-state index in [0.29, 0.717) is 0 Å². The maximum Gasteiger partial charge on any atom is 0.138 e. The maximum absolute atomic E-state index is 5.41. The van der Waals surface area contributed by atoms with Gasteiger partial charge in [0.25, 0.3) is 0 Å². The van der Waals surface area contributed by atoms with Crippen LogP contribution in [0.4, 0.5) is 0 Å². The van der Waals surface area contributed by atoms with Gasteiger partial charge in [-0.2, -0.15) is 0 Å². The summed E-state index contributed by atoms with van der Waals surface area (Å²) < 4.78 is 4.71. The number of hydrogen-bond acceptors (Lipinski definition) is 2. The van der Waals surface area contributed by atoms with Crippen molar-refractivity contribution < 1.29 is 0 Å². The molecule has 4 heterocycles. The number of nitrogens with zero attached hydrogens (tertiary/aromatic N) is 4. The Kier molecular flexibility index (Phi) is 5.47. The van der Waals surface area contributed by atoms with Crippen LogP contribution in [-0.2, 0) is 0 Å². The molecule has 1 aliphatic carbocycles. The van der Waals surface area contributed by atoms with E-state index >= 15 is 0 Å². The van der Waals surface area contributed by atoms with Crippen molar-refractivity contribution in [3.05, 3.63) is 170 Å². The van der Waals surface area contributed by atoms with E-state index in [1.165, 1.54) is 70.9 Å². The molecule has 0 N–H and O–H groups in total. The van der Waals surface area contributed by atoms with Crippen LogP contribution in [0.3, 0.4) is 0 Å². The summed E-state index contributed by atoms with van der Waals surface area (Å²) in [6.45, 7) is 0. The van der Waals surface area contributed by atoms with E-state index in [4.69, 9.17) is 9.97 Å². The Labute approximate surface area is 298 Å². The van der Waals surface area contributed by atoms with E-state index in [-0.39, 0.29) is 0 Å². The van der Waals surface area contributed by atoms with Gasteiger partial charge in [-0.3, -0.25) is 9.55 Å². The summed E-state index contributed by atoms with van der Waals surface area (Å²) in [5, 5.41) is 9.80. The fourth-order valence-corrected chi connectivity index (χ4v) is 8.83. The summed E-state index contributed by atoms with van der Waals surface area (Å²) in [5.74, 6) is 0.904. The molecule has 240 valence electrons. The molecule has 0 saturated carbocycles. The average molecular weight is 661 g/mol. The molecule has 0 amide bonds. The zero-order chi connectivity index (χ0) is 33.9. The molecule has 0 radical (unpaired) electrons. The number of pyridine rings is 2. The molecule has 0 aliphatic heterocycles. The molecule has 7 aromatic carbocycles. The molecule has 4 heteroatoms. The zero-order valence-corrected chi connectivity index (χ0v) is 28.0. The monoisotopic (exact) mass is 660 g/mol. The highest BCUT2D eigenvalue weighted by molar-refractivity contribution is 6.22. The molecule has 0 unspecified atom stereocenters. The fourth-order valence-electron chi connectivity index (χ4n) is 8.83. The van der Waals surface area contributed by atoms with Gasteiger partial charge in [0.15, 0.2) is 0 Å². The Morgan fingerprint density at radius 1 is 0.385 bits per heavy atom. The third-order valence-electron chi connectivity index (χ3n) is 11.1. The highest BCUT2D eigenvalue weighted by Gasteiger charge is 2.25. The Bertz CT molecular complexity index is 3290. The van der Waals surface area contributed by atoms with Crippen molar-refractivity contribution in [2.75, 3.05) is 0 Å². The number of aromatic nitrogens is 4. The minimum Gasteiger partial charge on any atom is -0.309 e. The summed E-state index contributed by atoms with van der Waals surface area (Å²) in [6.07, 6.45) is 1.90. The van der Waals surface area contributed by atoms with E-state index < -0.39 is 0 Å². The second-order valence-corrected chi connectivity index (χ2v) is 13.8. The lowest BCUT2D eigenvalue weighted by atomic mass is 9.99. The van der Waals surface area contributed by atoms with Crippen LogP contribution >= 0.6 is 0 Å². The fraction of sp³-hybridized carbons (Fsp3) is 0. The van der Waals surface area contributed by atoms with Gasteiger partial charge >= 0.3 is 0 Å². The molecule has 0 fully saturated rings. The van der Waals surface area contributed by atoms with Gasteiger partial charge in [0.2, 0.25) is 0 Å². The lowest BCUT2D eigenvalue weighted by Gasteiger charge is -2.10. The van der Waals surface area contributed by atoms with Crippen LogP contribution in [-0.4, -0.2) is 19.1 Å². The number of fused-ring (bicyclic) bond motifs is 11. The standard InChI is InChI=1S/C48H28N4/c1-2-11-33(12-3-1)51-40-16-7-6-14-35(40)38-27-31(18-21-41(38)51)32-19-22-42-39(28-32)46-34-13-5-4-9-29(34)17-23-43(46)52(42)44-24-20-37-47(50-44)36-15-8-10-30-25-26-49-48(37)45(30)36/h1-28H. The summed E-state index contributed by atoms with van der Waals surface area (Å²) in [5.41, 5.74) is 12.5. The van der Waals surface area contributed by atoms with E-state index in [9.17, 15) is 0 Å². The van der Waals surface area contributed by atoms with Gasteiger partial charge in [-0.25, -0.2) is 4.98 Å². The topological polar surface area (TPSA) is 35.6 Å². The van der Waals surface area contributed by atoms with Crippen LogP contribution in [0.25, 0.3) is 110 Å². The van der Waals surface area contributed by atoms with Crippen molar-refractivity contribution in [3.63, 3.8) is 0 Å². The predicted molar refractivity (Wildman–Crippen MR) is 216 cm³/mol. The molecule has 0 spiro atoms. The van der Waals surface area contributed by atoms with Crippen molar-refractivity contribution in [1.29, 1.82) is 0 Å². The Morgan fingerprint density at radius 3 is 1.98 bits per heavy atom. The molecule has 0 atom stereocenters. The molecule has 52 heavy (non-hydrogen) atoms. The highest BCUT2D eigenvalue weighted by Crippen LogP contribution is 2.46. The summed E-state index contributed by atoms with van der Waals surface area (Å²) in [4.78, 5) is 10.2. The Morgan fingerprint density at radius 2 is 1.10 bits per heavy atom. The largest absolute Gasteiger partial charge is 0.309 e. The van der Waals surface area contributed by atoms with Gasteiger partial charge in [-0.15, -0.1) is 0 Å². The van der Waals surface area contributed by atoms with Crippen LogP contribution in [0.2, 0.25) is 0 Å². The minimum atomic E-state index is 0.904. The van der Waals surface area contributed by atoms with E-state index in [0.717, 1.165) is 39.4 Å². The van der Waals surface area contributed by atoms with E-state index in [2.05, 4.69) is 173 Å². The first-order chi connectivity index (χ1) is 25.8. The molecule has 0 saturated heterocycles. The molecule has 1 aliphatic rings. The van der Waals surface area contributed by atoms with E-state index in [1.807, 2.05) is 6.20 Å². The summed E-state index contributed by atoms with van der Waals surface area (Å²) >= 11 is 0. The Balaban J connectivity index is 1.10. The lowest BCUT2D eigenvalue weighted by molar-refractivity contribution is 1.09. The molecule has 12 rings (SSSR count). The average Bonchev–Trinajstić information content (AvgIpc) is 3.84. The zero-order valence-electron chi connectivity index (χ0n) is 28.0. The first-order valence-electron chi connectivity index (χ1n) is 17.7. The van der Waals surface area contributed by atoms with Crippen LogP contribution in [0.1, 0.15) is 0 Å². The highest BCUT2D eigenvalue weighted by atomic mass is 15.1. The number of benzene rings is 7. The summed E-state index contributed by atoms with van der Waals surface area (Å²) in [7, 11) is 0. The first kappa shape index (κ1) is 27.7. The van der Waals surface area contributed by atoms with Gasteiger partial charge in [0.05, 0.1) is 33.5 Å². The normalized spacial score (nSPS) is 12.2. The van der Waals surface area contributed by atoms with Crippen molar-refractivity contribution in [2.24, 2.45) is 0 Å².